The van der Waals surface area contributed by atoms with E-state index < -0.39 is 0 Å². The average Bonchev–Trinajstić information content (AvgIpc) is 2.24. The topological polar surface area (TPSA) is 17.1 Å². The van der Waals surface area contributed by atoms with E-state index in [-0.39, 0.29) is 5.78 Å². The molecule has 3 rings (SSSR count). The first kappa shape index (κ1) is 8.42. The van der Waals surface area contributed by atoms with E-state index in [9.17, 15) is 4.79 Å². The van der Waals surface area contributed by atoms with Crippen molar-refractivity contribution in [2.24, 2.45) is 0 Å². The average molecular weight is 194 g/mol. The highest BCUT2D eigenvalue weighted by molar-refractivity contribution is 6.12. The Kier molecular flexibility index (Phi) is 1.57. The van der Waals surface area contributed by atoms with Crippen molar-refractivity contribution in [3.63, 3.8) is 0 Å². The molecule has 2 aromatic rings. The molecule has 0 amide bonds. The number of hydrogen-bond donors (Lipinski definition) is 0. The first-order valence-electron chi connectivity index (χ1n) is 5.03. The van der Waals surface area contributed by atoms with Gasteiger partial charge in [0.1, 0.15) is 0 Å². The summed E-state index contributed by atoms with van der Waals surface area (Å²) in [6.45, 7) is 1.62. The first-order valence-corrected chi connectivity index (χ1v) is 5.03. The molecule has 0 saturated carbocycles. The molecular weight excluding hydrogens is 184 g/mol. The summed E-state index contributed by atoms with van der Waals surface area (Å²) in [5.74, 6) is 0.140. The van der Waals surface area contributed by atoms with E-state index in [1.807, 2.05) is 24.3 Å². The zero-order valence-corrected chi connectivity index (χ0v) is 8.45. The van der Waals surface area contributed by atoms with Crippen molar-refractivity contribution in [3.8, 4) is 22.3 Å². The number of Topliss-reactive ketones (excluding diaryl/α,β-unsaturated/α-hetero) is 1. The minimum absolute atomic E-state index is 0.140. The maximum Gasteiger partial charge on any atom is 0.160 e. The van der Waals surface area contributed by atoms with E-state index in [1.165, 1.54) is 16.7 Å². The van der Waals surface area contributed by atoms with Gasteiger partial charge < -0.3 is 0 Å². The summed E-state index contributed by atoms with van der Waals surface area (Å²) in [5, 5.41) is 0. The largest absolute Gasteiger partial charge is 0.294 e. The zero-order chi connectivity index (χ0) is 10.4. The molecule has 1 aliphatic carbocycles. The lowest BCUT2D eigenvalue weighted by Gasteiger charge is -2.25. The second-order valence-corrected chi connectivity index (χ2v) is 3.83. The number of hydrogen-bond acceptors (Lipinski definition) is 1. The second kappa shape index (κ2) is 2.80. The third kappa shape index (κ3) is 1.00. The highest BCUT2D eigenvalue weighted by atomic mass is 16.1. The van der Waals surface area contributed by atoms with Crippen molar-refractivity contribution in [2.75, 3.05) is 0 Å². The Balaban J connectivity index is 2.30. The van der Waals surface area contributed by atoms with Gasteiger partial charge in [0.25, 0.3) is 0 Å². The van der Waals surface area contributed by atoms with Gasteiger partial charge in [-0.3, -0.25) is 4.79 Å². The van der Waals surface area contributed by atoms with Crippen molar-refractivity contribution in [1.29, 1.82) is 0 Å². The summed E-state index contributed by atoms with van der Waals surface area (Å²) in [6.07, 6.45) is 0. The monoisotopic (exact) mass is 194 g/mol. The quantitative estimate of drug-likeness (QED) is 0.541. The maximum atomic E-state index is 11.5. The van der Waals surface area contributed by atoms with Gasteiger partial charge >= 0.3 is 0 Å². The highest BCUT2D eigenvalue weighted by Gasteiger charge is 2.25. The molecule has 0 atom stereocenters. The van der Waals surface area contributed by atoms with E-state index in [4.69, 9.17) is 0 Å². The number of benzene rings is 2. The molecule has 1 nitrogen and oxygen atoms in total. The molecule has 0 aliphatic heterocycles. The summed E-state index contributed by atoms with van der Waals surface area (Å²) in [7, 11) is 0. The van der Waals surface area contributed by atoms with Crippen LogP contribution in [0.15, 0.2) is 42.5 Å². The second-order valence-electron chi connectivity index (χ2n) is 3.83. The number of carbonyl (C=O) groups excluding carboxylic acids is 1. The molecule has 1 aliphatic rings. The molecular formula is C14H10O. The lowest BCUT2D eigenvalue weighted by Crippen LogP contribution is -2.05. The summed E-state index contributed by atoms with van der Waals surface area (Å²) < 4.78 is 0. The van der Waals surface area contributed by atoms with Gasteiger partial charge in [0.2, 0.25) is 0 Å². The van der Waals surface area contributed by atoms with Gasteiger partial charge in [0, 0.05) is 11.1 Å². The third-order valence-corrected chi connectivity index (χ3v) is 2.93. The Morgan fingerprint density at radius 2 is 1.53 bits per heavy atom. The van der Waals surface area contributed by atoms with Crippen LogP contribution >= 0.6 is 0 Å². The predicted molar refractivity (Wildman–Crippen MR) is 60.9 cm³/mol. The zero-order valence-electron chi connectivity index (χ0n) is 8.45. The summed E-state index contributed by atoms with van der Waals surface area (Å²) in [6, 6.07) is 14.1. The Morgan fingerprint density at radius 3 is 2.27 bits per heavy atom. The highest BCUT2D eigenvalue weighted by Crippen LogP contribution is 2.48. The van der Waals surface area contributed by atoms with Crippen LogP contribution in [0.3, 0.4) is 0 Å². The van der Waals surface area contributed by atoms with Gasteiger partial charge in [-0.05, 0) is 23.6 Å². The van der Waals surface area contributed by atoms with Crippen LogP contribution < -0.4 is 0 Å². The number of rotatable bonds is 1. The van der Waals surface area contributed by atoms with Crippen molar-refractivity contribution < 1.29 is 4.79 Å². The Labute approximate surface area is 88.4 Å². The standard InChI is InChI=1S/C14H10O/c1-9(15)10-7-4-8-13-11-5-2-3-6-12(11)14(10)13/h2-8H,1H3. The van der Waals surface area contributed by atoms with E-state index in [0.717, 1.165) is 11.1 Å². The first-order chi connectivity index (χ1) is 7.29. The predicted octanol–water partition coefficient (Wildman–Crippen LogP) is 3.54. The number of fused-ring (bicyclic) bond motifs is 4. The molecule has 2 aromatic carbocycles. The molecule has 0 aromatic heterocycles. The third-order valence-electron chi connectivity index (χ3n) is 2.93. The molecule has 0 bridgehead atoms. The fourth-order valence-electron chi connectivity index (χ4n) is 2.23. The molecule has 72 valence electrons. The molecule has 0 N–H and O–H groups in total. The van der Waals surface area contributed by atoms with E-state index >= 15 is 0 Å². The number of ketones is 1. The van der Waals surface area contributed by atoms with Gasteiger partial charge in [-0.2, -0.15) is 0 Å². The van der Waals surface area contributed by atoms with Crippen LogP contribution in [-0.4, -0.2) is 5.78 Å². The van der Waals surface area contributed by atoms with Crippen molar-refractivity contribution in [3.05, 3.63) is 48.0 Å². The number of carbonyl (C=O) groups is 1. The smallest absolute Gasteiger partial charge is 0.160 e. The van der Waals surface area contributed by atoms with Crippen molar-refractivity contribution in [1.82, 2.24) is 0 Å². The van der Waals surface area contributed by atoms with Crippen LogP contribution in [0.5, 0.6) is 0 Å². The van der Waals surface area contributed by atoms with Crippen LogP contribution in [-0.2, 0) is 0 Å². The molecule has 0 unspecified atom stereocenters. The van der Waals surface area contributed by atoms with Gasteiger partial charge in [0.15, 0.2) is 5.78 Å². The van der Waals surface area contributed by atoms with E-state index in [2.05, 4.69) is 18.2 Å². The van der Waals surface area contributed by atoms with Gasteiger partial charge in [0.05, 0.1) is 0 Å². The lowest BCUT2D eigenvalue weighted by molar-refractivity contribution is 0.101. The summed E-state index contributed by atoms with van der Waals surface area (Å²) in [5.41, 5.74) is 5.64. The molecule has 0 heterocycles. The van der Waals surface area contributed by atoms with Crippen molar-refractivity contribution in [2.45, 2.75) is 6.92 Å². The molecule has 0 radical (unpaired) electrons. The summed E-state index contributed by atoms with van der Waals surface area (Å²) in [4.78, 5) is 11.5. The molecule has 0 saturated heterocycles. The van der Waals surface area contributed by atoms with Crippen LogP contribution in [0, 0.1) is 0 Å². The normalized spacial score (nSPS) is 11.3. The Hall–Kier alpha value is -1.89. The molecule has 1 heteroatoms. The fraction of sp³-hybridized carbons (Fsp3) is 0.0714. The lowest BCUT2D eigenvalue weighted by atomic mass is 9.77. The van der Waals surface area contributed by atoms with Crippen molar-refractivity contribution >= 4 is 5.78 Å². The van der Waals surface area contributed by atoms with E-state index in [0.29, 0.717) is 0 Å². The maximum absolute atomic E-state index is 11.5. The summed E-state index contributed by atoms with van der Waals surface area (Å²) >= 11 is 0. The SMILES string of the molecule is CC(=O)c1cccc2c1-c1ccccc1-2. The minimum Gasteiger partial charge on any atom is -0.294 e. The van der Waals surface area contributed by atoms with E-state index in [1.54, 1.807) is 6.92 Å². The van der Waals surface area contributed by atoms with Gasteiger partial charge in [-0.1, -0.05) is 42.5 Å². The fourth-order valence-corrected chi connectivity index (χ4v) is 2.23. The van der Waals surface area contributed by atoms with Crippen LogP contribution in [0.1, 0.15) is 17.3 Å². The molecule has 15 heavy (non-hydrogen) atoms. The van der Waals surface area contributed by atoms with Crippen LogP contribution in [0.25, 0.3) is 22.3 Å². The Morgan fingerprint density at radius 1 is 0.867 bits per heavy atom. The minimum atomic E-state index is 0.140. The van der Waals surface area contributed by atoms with Gasteiger partial charge in [-0.15, -0.1) is 0 Å². The molecule has 0 spiro atoms. The van der Waals surface area contributed by atoms with Crippen LogP contribution in [0.4, 0.5) is 0 Å². The van der Waals surface area contributed by atoms with Gasteiger partial charge in [-0.25, -0.2) is 0 Å². The van der Waals surface area contributed by atoms with Crippen LogP contribution in [0.2, 0.25) is 0 Å². The molecule has 0 fully saturated rings. The Bertz CT molecular complexity index is 567.